The van der Waals surface area contributed by atoms with E-state index in [9.17, 15) is 14.4 Å². The van der Waals surface area contributed by atoms with E-state index < -0.39 is 6.10 Å². The zero-order chi connectivity index (χ0) is 51.4. The summed E-state index contributed by atoms with van der Waals surface area (Å²) in [6, 6.07) is 0. The zero-order valence-corrected chi connectivity index (χ0v) is 48.0. The van der Waals surface area contributed by atoms with Gasteiger partial charge in [0.15, 0.2) is 6.10 Å². The minimum Gasteiger partial charge on any atom is -0.462 e. The second-order valence-corrected chi connectivity index (χ2v) is 21.7. The van der Waals surface area contributed by atoms with Crippen LogP contribution in [-0.4, -0.2) is 37.2 Å². The van der Waals surface area contributed by atoms with Crippen LogP contribution >= 0.6 is 0 Å². The van der Waals surface area contributed by atoms with E-state index >= 15 is 0 Å². The van der Waals surface area contributed by atoms with Crippen LogP contribution in [0.1, 0.15) is 355 Å². The van der Waals surface area contributed by atoms with E-state index in [0.29, 0.717) is 19.3 Å². The number of unbranched alkanes of at least 4 members (excludes halogenated alkanes) is 44. The Bertz CT molecular complexity index is 1150. The molecule has 1 unspecified atom stereocenters. The highest BCUT2D eigenvalue weighted by molar-refractivity contribution is 5.71. The SMILES string of the molecule is CCCCCCCC/C=C\CCCCCCCC(=O)OCC(COC(=O)CCCCCCCCCCCCCCCCCCCCCC)OC(=O)CCCCCCCCC/C=C\CCCCCCCCC. The molecule has 0 N–H and O–H groups in total. The van der Waals surface area contributed by atoms with Crippen LogP contribution in [0.4, 0.5) is 0 Å². The first kappa shape index (κ1) is 68.9. The van der Waals surface area contributed by atoms with Crippen molar-refractivity contribution < 1.29 is 28.6 Å². The van der Waals surface area contributed by atoms with Crippen LogP contribution in [0.3, 0.4) is 0 Å². The first-order chi connectivity index (χ1) is 35.0. The van der Waals surface area contributed by atoms with Gasteiger partial charge >= 0.3 is 17.9 Å². The van der Waals surface area contributed by atoms with Gasteiger partial charge < -0.3 is 14.2 Å². The van der Waals surface area contributed by atoms with Crippen molar-refractivity contribution in [3.05, 3.63) is 24.3 Å². The topological polar surface area (TPSA) is 78.9 Å². The lowest BCUT2D eigenvalue weighted by atomic mass is 10.0. The molecule has 0 aromatic carbocycles. The normalized spacial score (nSPS) is 12.1. The van der Waals surface area contributed by atoms with Gasteiger partial charge in [-0.2, -0.15) is 0 Å². The quantitative estimate of drug-likeness (QED) is 0.0261. The summed E-state index contributed by atoms with van der Waals surface area (Å²) in [7, 11) is 0. The maximum Gasteiger partial charge on any atom is 0.306 e. The third kappa shape index (κ3) is 58.7. The van der Waals surface area contributed by atoms with Crippen molar-refractivity contribution in [2.45, 2.75) is 361 Å². The largest absolute Gasteiger partial charge is 0.462 e. The van der Waals surface area contributed by atoms with Crippen LogP contribution in [0, 0.1) is 0 Å². The summed E-state index contributed by atoms with van der Waals surface area (Å²) in [5, 5.41) is 0. The third-order valence-electron chi connectivity index (χ3n) is 14.4. The maximum atomic E-state index is 12.9. The predicted octanol–water partition coefficient (Wildman–Crippen LogP) is 21.4. The summed E-state index contributed by atoms with van der Waals surface area (Å²) in [6.07, 6.45) is 71.8. The fourth-order valence-corrected chi connectivity index (χ4v) is 9.61. The standard InChI is InChI=1S/C65H122O6/c1-4-7-10-13-16-19-22-25-28-30-32-33-35-37-40-43-46-49-52-55-58-64(67)70-61-62(60-69-63(66)57-54-51-48-45-42-39-36-27-24-21-18-15-12-9-6-3)71-65(68)59-56-53-50-47-44-41-38-34-31-29-26-23-20-17-14-11-8-5-2/h27,29,31,36,62H,4-26,28,30,32-35,37-61H2,1-3H3/b31-29-,36-27-. The van der Waals surface area contributed by atoms with Crippen LogP contribution in [-0.2, 0) is 28.6 Å². The van der Waals surface area contributed by atoms with Crippen molar-refractivity contribution in [1.82, 2.24) is 0 Å². The molecule has 0 bridgehead atoms. The molecule has 0 fully saturated rings. The van der Waals surface area contributed by atoms with E-state index in [-0.39, 0.29) is 31.1 Å². The number of rotatable bonds is 59. The number of allylic oxidation sites excluding steroid dienone is 4. The van der Waals surface area contributed by atoms with Crippen molar-refractivity contribution >= 4 is 17.9 Å². The first-order valence-corrected chi connectivity index (χ1v) is 31.8. The molecule has 0 aliphatic heterocycles. The van der Waals surface area contributed by atoms with Gasteiger partial charge in [-0.25, -0.2) is 0 Å². The van der Waals surface area contributed by atoms with Crippen molar-refractivity contribution in [3.8, 4) is 0 Å². The van der Waals surface area contributed by atoms with Crippen LogP contribution in [0.15, 0.2) is 24.3 Å². The molecule has 0 aromatic rings. The van der Waals surface area contributed by atoms with Crippen molar-refractivity contribution in [3.63, 3.8) is 0 Å². The molecular formula is C65H122O6. The molecule has 1 atom stereocenters. The summed E-state index contributed by atoms with van der Waals surface area (Å²) in [5.41, 5.74) is 0. The van der Waals surface area contributed by atoms with Crippen molar-refractivity contribution in [2.75, 3.05) is 13.2 Å². The highest BCUT2D eigenvalue weighted by atomic mass is 16.6. The average molecular weight is 1000 g/mol. The van der Waals surface area contributed by atoms with Gasteiger partial charge in [0, 0.05) is 19.3 Å². The highest BCUT2D eigenvalue weighted by Gasteiger charge is 2.19. The molecule has 0 radical (unpaired) electrons. The summed E-state index contributed by atoms with van der Waals surface area (Å²) in [4.78, 5) is 38.3. The smallest absolute Gasteiger partial charge is 0.306 e. The molecule has 0 amide bonds. The summed E-state index contributed by atoms with van der Waals surface area (Å²) < 4.78 is 16.9. The number of ether oxygens (including phenoxy) is 3. The van der Waals surface area contributed by atoms with Crippen LogP contribution in [0.2, 0.25) is 0 Å². The Kier molecular flexibility index (Phi) is 58.6. The van der Waals surface area contributed by atoms with E-state index in [1.54, 1.807) is 0 Å². The Hall–Kier alpha value is -2.11. The Morgan fingerprint density at radius 2 is 0.465 bits per heavy atom. The van der Waals surface area contributed by atoms with E-state index in [1.807, 2.05) is 0 Å². The Morgan fingerprint density at radius 3 is 0.704 bits per heavy atom. The average Bonchev–Trinajstić information content (AvgIpc) is 3.37. The van der Waals surface area contributed by atoms with E-state index in [2.05, 4.69) is 45.1 Å². The molecule has 0 spiro atoms. The minimum absolute atomic E-state index is 0.0707. The van der Waals surface area contributed by atoms with E-state index in [4.69, 9.17) is 14.2 Å². The molecule has 0 aliphatic rings. The monoisotopic (exact) mass is 999 g/mol. The fourth-order valence-electron chi connectivity index (χ4n) is 9.61. The number of hydrogen-bond donors (Lipinski definition) is 0. The molecule has 0 saturated carbocycles. The molecule has 6 heteroatoms. The van der Waals surface area contributed by atoms with Crippen molar-refractivity contribution in [2.24, 2.45) is 0 Å². The first-order valence-electron chi connectivity index (χ1n) is 31.8. The van der Waals surface area contributed by atoms with E-state index in [1.165, 1.54) is 250 Å². The molecule has 0 heterocycles. The van der Waals surface area contributed by atoms with Crippen LogP contribution in [0.5, 0.6) is 0 Å². The molecule has 418 valence electrons. The van der Waals surface area contributed by atoms with Gasteiger partial charge in [0.25, 0.3) is 0 Å². The highest BCUT2D eigenvalue weighted by Crippen LogP contribution is 2.17. The Morgan fingerprint density at radius 1 is 0.268 bits per heavy atom. The van der Waals surface area contributed by atoms with Gasteiger partial charge in [-0.05, 0) is 70.6 Å². The Balaban J connectivity index is 4.32. The van der Waals surface area contributed by atoms with Gasteiger partial charge in [-0.3, -0.25) is 14.4 Å². The molecule has 0 saturated heterocycles. The molecule has 6 nitrogen and oxygen atoms in total. The summed E-state index contributed by atoms with van der Waals surface area (Å²) >= 11 is 0. The minimum atomic E-state index is -0.774. The van der Waals surface area contributed by atoms with Gasteiger partial charge in [0.05, 0.1) is 0 Å². The third-order valence-corrected chi connectivity index (χ3v) is 14.4. The molecule has 0 aliphatic carbocycles. The Labute approximate surface area is 443 Å². The van der Waals surface area contributed by atoms with Crippen LogP contribution < -0.4 is 0 Å². The predicted molar refractivity (Wildman–Crippen MR) is 307 cm³/mol. The van der Waals surface area contributed by atoms with Crippen LogP contribution in [0.25, 0.3) is 0 Å². The van der Waals surface area contributed by atoms with Gasteiger partial charge in [0.1, 0.15) is 13.2 Å². The number of hydrogen-bond acceptors (Lipinski definition) is 6. The molecule has 0 rings (SSSR count). The van der Waals surface area contributed by atoms with E-state index in [0.717, 1.165) is 64.2 Å². The van der Waals surface area contributed by atoms with Gasteiger partial charge in [0.2, 0.25) is 0 Å². The number of carbonyl (C=O) groups excluding carboxylic acids is 3. The summed E-state index contributed by atoms with van der Waals surface area (Å²) in [5.74, 6) is -0.858. The van der Waals surface area contributed by atoms with Gasteiger partial charge in [-0.15, -0.1) is 0 Å². The molecule has 71 heavy (non-hydrogen) atoms. The number of carbonyl (C=O) groups is 3. The molecule has 0 aromatic heterocycles. The second-order valence-electron chi connectivity index (χ2n) is 21.7. The second kappa shape index (κ2) is 60.4. The lowest BCUT2D eigenvalue weighted by molar-refractivity contribution is -0.167. The van der Waals surface area contributed by atoms with Crippen molar-refractivity contribution in [1.29, 1.82) is 0 Å². The van der Waals surface area contributed by atoms with Gasteiger partial charge in [-0.1, -0.05) is 289 Å². The number of esters is 3. The lowest BCUT2D eigenvalue weighted by Crippen LogP contribution is -2.30. The summed E-state index contributed by atoms with van der Waals surface area (Å²) in [6.45, 7) is 6.69. The maximum absolute atomic E-state index is 12.9. The molecular weight excluding hydrogens is 877 g/mol. The zero-order valence-electron chi connectivity index (χ0n) is 48.0. The lowest BCUT2D eigenvalue weighted by Gasteiger charge is -2.18. The fraction of sp³-hybridized carbons (Fsp3) is 0.892.